The average molecular weight is 336 g/mol. The fourth-order valence-corrected chi connectivity index (χ4v) is 4.02. The van der Waals surface area contributed by atoms with Gasteiger partial charge in [-0.05, 0) is 44.6 Å². The van der Waals surface area contributed by atoms with E-state index in [0.717, 1.165) is 31.6 Å². The van der Waals surface area contributed by atoms with E-state index < -0.39 is 0 Å². The Bertz CT molecular complexity index is 478. The number of methoxy groups -OCH3 is 1. The van der Waals surface area contributed by atoms with Crippen molar-refractivity contribution in [2.75, 3.05) is 46.4 Å². The number of carbonyl (C=O) groups excluding carboxylic acids is 1. The molecule has 0 bridgehead atoms. The minimum Gasteiger partial charge on any atom is -0.469 e. The number of hydrogen-bond acceptors (Lipinski definition) is 4. The Hall–Kier alpha value is -1.30. The van der Waals surface area contributed by atoms with Crippen LogP contribution in [0.15, 0.2) is 4.99 Å². The van der Waals surface area contributed by atoms with Gasteiger partial charge in [-0.15, -0.1) is 0 Å². The van der Waals surface area contributed by atoms with E-state index in [-0.39, 0.29) is 11.9 Å². The number of likely N-dealkylation sites (tertiary alicyclic amines) is 2. The first-order valence-corrected chi connectivity index (χ1v) is 9.47. The van der Waals surface area contributed by atoms with Crippen LogP contribution in [0.1, 0.15) is 33.1 Å². The molecule has 0 amide bonds. The van der Waals surface area contributed by atoms with Crippen LogP contribution in [0.25, 0.3) is 0 Å². The van der Waals surface area contributed by atoms with Gasteiger partial charge in [0.05, 0.1) is 13.0 Å². The van der Waals surface area contributed by atoms with Crippen LogP contribution in [-0.2, 0) is 9.53 Å². The molecule has 3 atom stereocenters. The van der Waals surface area contributed by atoms with Gasteiger partial charge in [0.2, 0.25) is 0 Å². The summed E-state index contributed by atoms with van der Waals surface area (Å²) >= 11 is 0. The zero-order chi connectivity index (χ0) is 17.1. The third-order valence-electron chi connectivity index (χ3n) is 5.63. The van der Waals surface area contributed by atoms with E-state index in [4.69, 9.17) is 9.73 Å². The molecule has 1 N–H and O–H groups in total. The molecule has 1 aliphatic carbocycles. The monoisotopic (exact) mass is 336 g/mol. The van der Waals surface area contributed by atoms with E-state index in [1.807, 2.05) is 0 Å². The molecule has 0 spiro atoms. The van der Waals surface area contributed by atoms with Gasteiger partial charge >= 0.3 is 5.97 Å². The van der Waals surface area contributed by atoms with Gasteiger partial charge in [0.15, 0.2) is 5.96 Å². The van der Waals surface area contributed by atoms with Crippen LogP contribution in [0, 0.1) is 17.8 Å². The second kappa shape index (κ2) is 7.72. The summed E-state index contributed by atoms with van der Waals surface area (Å²) in [6.45, 7) is 9.97. The summed E-state index contributed by atoms with van der Waals surface area (Å²) in [7, 11) is 1.47. The van der Waals surface area contributed by atoms with Crippen LogP contribution < -0.4 is 5.32 Å². The Morgan fingerprint density at radius 2 is 2.04 bits per heavy atom. The molecule has 0 aromatic carbocycles. The Morgan fingerprint density at radius 3 is 2.71 bits per heavy atom. The minimum absolute atomic E-state index is 0.0457. The molecule has 2 aliphatic heterocycles. The number of hydrogen-bond donors (Lipinski definition) is 1. The lowest BCUT2D eigenvalue weighted by atomic mass is 9.99. The van der Waals surface area contributed by atoms with Gasteiger partial charge in [-0.25, -0.2) is 0 Å². The van der Waals surface area contributed by atoms with E-state index in [1.165, 1.54) is 39.5 Å². The van der Waals surface area contributed by atoms with Crippen molar-refractivity contribution in [3.8, 4) is 0 Å². The second-order valence-corrected chi connectivity index (χ2v) is 7.59. The summed E-state index contributed by atoms with van der Waals surface area (Å²) in [6, 6.07) is 0.868. The van der Waals surface area contributed by atoms with E-state index >= 15 is 0 Å². The average Bonchev–Trinajstić information content (AvgIpc) is 3.20. The third kappa shape index (κ3) is 4.02. The van der Waals surface area contributed by atoms with Crippen molar-refractivity contribution in [3.63, 3.8) is 0 Å². The first kappa shape index (κ1) is 17.5. The molecule has 24 heavy (non-hydrogen) atoms. The molecule has 0 aromatic rings. The molecule has 1 saturated carbocycles. The highest BCUT2D eigenvalue weighted by atomic mass is 16.5. The molecular formula is C18H32N4O2. The Kier molecular flexibility index (Phi) is 5.64. The lowest BCUT2D eigenvalue weighted by Crippen LogP contribution is -2.41. The molecular weight excluding hydrogens is 304 g/mol. The van der Waals surface area contributed by atoms with E-state index in [9.17, 15) is 4.79 Å². The van der Waals surface area contributed by atoms with E-state index in [0.29, 0.717) is 18.4 Å². The Morgan fingerprint density at radius 1 is 1.25 bits per heavy atom. The second-order valence-electron chi connectivity index (χ2n) is 7.59. The maximum absolute atomic E-state index is 11.9. The molecule has 2 saturated heterocycles. The summed E-state index contributed by atoms with van der Waals surface area (Å²) in [6.07, 6.45) is 4.04. The predicted molar refractivity (Wildman–Crippen MR) is 94.9 cm³/mol. The number of rotatable bonds is 5. The van der Waals surface area contributed by atoms with Crippen LogP contribution in [0.5, 0.6) is 0 Å². The number of aliphatic imine (C=N–C) groups is 1. The zero-order valence-electron chi connectivity index (χ0n) is 15.3. The van der Waals surface area contributed by atoms with Gasteiger partial charge in [0, 0.05) is 38.8 Å². The first-order valence-electron chi connectivity index (χ1n) is 9.47. The molecule has 2 heterocycles. The number of esters is 1. The number of guanidine groups is 1. The van der Waals surface area contributed by atoms with Crippen molar-refractivity contribution in [3.05, 3.63) is 0 Å². The Labute approximate surface area is 145 Å². The van der Waals surface area contributed by atoms with Gasteiger partial charge in [-0.2, -0.15) is 0 Å². The predicted octanol–water partition coefficient (Wildman–Crippen LogP) is 1.18. The number of nitrogens with one attached hydrogen (secondary N) is 1. The normalized spacial score (nSPS) is 31.5. The van der Waals surface area contributed by atoms with Gasteiger partial charge in [0.25, 0.3) is 0 Å². The van der Waals surface area contributed by atoms with Crippen molar-refractivity contribution in [1.82, 2.24) is 15.1 Å². The number of nitrogens with zero attached hydrogens (tertiary/aromatic N) is 3. The molecule has 6 heteroatoms. The minimum atomic E-state index is -0.100. The number of carbonyl (C=O) groups is 1. The smallest absolute Gasteiger partial charge is 0.310 e. The molecule has 3 unspecified atom stereocenters. The molecule has 3 fully saturated rings. The SMILES string of the molecule is CCNC(=NCC1CCN(C2CC2)C1)N1CC(C)C(C(=O)OC)C1. The molecule has 3 aliphatic rings. The van der Waals surface area contributed by atoms with Crippen LogP contribution in [0.3, 0.4) is 0 Å². The molecule has 6 nitrogen and oxygen atoms in total. The van der Waals surface area contributed by atoms with Crippen molar-refractivity contribution in [2.45, 2.75) is 39.2 Å². The molecule has 3 rings (SSSR count). The Balaban J connectivity index is 1.56. The lowest BCUT2D eigenvalue weighted by Gasteiger charge is -2.22. The maximum Gasteiger partial charge on any atom is 0.310 e. The lowest BCUT2D eigenvalue weighted by molar-refractivity contribution is -0.145. The van der Waals surface area contributed by atoms with Crippen molar-refractivity contribution >= 4 is 11.9 Å². The highest BCUT2D eigenvalue weighted by Gasteiger charge is 2.37. The summed E-state index contributed by atoms with van der Waals surface area (Å²) in [5.74, 6) is 1.79. The van der Waals surface area contributed by atoms with E-state index in [2.05, 4.69) is 29.0 Å². The fraction of sp³-hybridized carbons (Fsp3) is 0.889. The van der Waals surface area contributed by atoms with E-state index in [1.54, 1.807) is 0 Å². The summed E-state index contributed by atoms with van der Waals surface area (Å²) in [4.78, 5) is 21.7. The van der Waals surface area contributed by atoms with Gasteiger partial charge < -0.3 is 19.9 Å². The maximum atomic E-state index is 11.9. The quantitative estimate of drug-likeness (QED) is 0.464. The largest absolute Gasteiger partial charge is 0.469 e. The molecule has 136 valence electrons. The molecule has 0 radical (unpaired) electrons. The fourth-order valence-electron chi connectivity index (χ4n) is 4.02. The van der Waals surface area contributed by atoms with Gasteiger partial charge in [0.1, 0.15) is 0 Å². The van der Waals surface area contributed by atoms with Crippen molar-refractivity contribution in [1.29, 1.82) is 0 Å². The first-order chi connectivity index (χ1) is 11.6. The third-order valence-corrected chi connectivity index (χ3v) is 5.63. The van der Waals surface area contributed by atoms with Crippen LogP contribution in [0.4, 0.5) is 0 Å². The highest BCUT2D eigenvalue weighted by Crippen LogP contribution is 2.31. The van der Waals surface area contributed by atoms with Crippen LogP contribution in [-0.4, -0.2) is 74.1 Å². The summed E-state index contributed by atoms with van der Waals surface area (Å²) in [5, 5.41) is 3.40. The summed E-state index contributed by atoms with van der Waals surface area (Å²) < 4.78 is 4.94. The molecule has 0 aromatic heterocycles. The van der Waals surface area contributed by atoms with Crippen molar-refractivity contribution in [2.24, 2.45) is 22.7 Å². The van der Waals surface area contributed by atoms with Crippen molar-refractivity contribution < 1.29 is 9.53 Å². The number of ether oxygens (including phenoxy) is 1. The summed E-state index contributed by atoms with van der Waals surface area (Å²) in [5.41, 5.74) is 0. The highest BCUT2D eigenvalue weighted by molar-refractivity contribution is 5.82. The van der Waals surface area contributed by atoms with Gasteiger partial charge in [-0.3, -0.25) is 9.79 Å². The van der Waals surface area contributed by atoms with Gasteiger partial charge in [-0.1, -0.05) is 6.92 Å². The topological polar surface area (TPSA) is 57.2 Å². The standard InChI is InChI=1S/C18H32N4O2/c1-4-19-18(22-10-13(2)16(12-22)17(23)24-3)20-9-14-7-8-21(11-14)15-5-6-15/h13-16H,4-12H2,1-3H3,(H,19,20). The zero-order valence-corrected chi connectivity index (χ0v) is 15.3. The van der Waals surface area contributed by atoms with Crippen LogP contribution in [0.2, 0.25) is 0 Å². The van der Waals surface area contributed by atoms with Crippen LogP contribution >= 0.6 is 0 Å².